The number of aromatic nitrogens is 3. The number of thiazole rings is 1. The fraction of sp³-hybridized carbons (Fsp3) is 0.429. The summed E-state index contributed by atoms with van der Waals surface area (Å²) in [6.45, 7) is 2.54. The van der Waals surface area contributed by atoms with Gasteiger partial charge in [-0.05, 0) is 57.0 Å². The number of amides is 1. The highest BCUT2D eigenvalue weighted by molar-refractivity contribution is 7.18. The predicted octanol–water partition coefficient (Wildman–Crippen LogP) is 4.07. The highest BCUT2D eigenvalue weighted by Gasteiger charge is 2.36. The summed E-state index contributed by atoms with van der Waals surface area (Å²) in [4.78, 5) is 27.6. The minimum atomic E-state index is -0.201. The van der Waals surface area contributed by atoms with E-state index in [0.717, 1.165) is 21.9 Å². The Morgan fingerprint density at radius 1 is 1.11 bits per heavy atom. The van der Waals surface area contributed by atoms with E-state index < -0.39 is 0 Å². The maximum atomic E-state index is 12.3. The average Bonchev–Trinajstić information content (AvgIpc) is 3.11. The summed E-state index contributed by atoms with van der Waals surface area (Å²) in [5.41, 5.74) is 2.24. The van der Waals surface area contributed by atoms with E-state index >= 15 is 0 Å². The Morgan fingerprint density at radius 2 is 1.89 bits per heavy atom. The van der Waals surface area contributed by atoms with E-state index in [9.17, 15) is 4.79 Å². The molecule has 144 valence electrons. The first kappa shape index (κ1) is 17.7. The molecule has 0 radical (unpaired) electrons. The Balaban J connectivity index is 1.26. The van der Waals surface area contributed by atoms with Crippen LogP contribution in [0.15, 0.2) is 36.9 Å². The lowest BCUT2D eigenvalue weighted by Gasteiger charge is -2.43. The number of fused-ring (bicyclic) bond motifs is 1. The van der Waals surface area contributed by atoms with Crippen molar-refractivity contribution in [1.82, 2.24) is 19.9 Å². The molecule has 1 saturated heterocycles. The quantitative estimate of drug-likeness (QED) is 0.723. The summed E-state index contributed by atoms with van der Waals surface area (Å²) in [6, 6.07) is 6.66. The number of anilines is 1. The molecular weight excluding hydrogens is 370 g/mol. The Labute approximate surface area is 168 Å². The summed E-state index contributed by atoms with van der Waals surface area (Å²) in [6.07, 6.45) is 11.0. The van der Waals surface area contributed by atoms with Crippen molar-refractivity contribution < 1.29 is 4.79 Å². The molecule has 3 aromatic rings. The molecule has 1 N–H and O–H groups in total. The Hall–Kier alpha value is -2.38. The number of piperidine rings is 1. The minimum Gasteiger partial charge on any atom is -0.322 e. The second-order valence-corrected chi connectivity index (χ2v) is 8.80. The van der Waals surface area contributed by atoms with Crippen LogP contribution in [0, 0.1) is 0 Å². The smallest absolute Gasteiger partial charge is 0.258 e. The van der Waals surface area contributed by atoms with Crippen molar-refractivity contribution in [3.8, 4) is 0 Å². The van der Waals surface area contributed by atoms with E-state index in [0.29, 0.717) is 11.5 Å². The normalized spacial score (nSPS) is 22.7. The maximum absolute atomic E-state index is 12.3. The topological polar surface area (TPSA) is 71.0 Å². The van der Waals surface area contributed by atoms with E-state index in [1.54, 1.807) is 11.3 Å². The summed E-state index contributed by atoms with van der Waals surface area (Å²) in [5, 5.41) is 4.16. The van der Waals surface area contributed by atoms with Gasteiger partial charge in [-0.1, -0.05) is 6.42 Å². The first-order valence-electron chi connectivity index (χ1n) is 9.97. The van der Waals surface area contributed by atoms with Gasteiger partial charge in [0.25, 0.3) is 5.91 Å². The summed E-state index contributed by atoms with van der Waals surface area (Å²) >= 11 is 1.76. The number of benzene rings is 1. The first-order chi connectivity index (χ1) is 13.8. The molecule has 2 aliphatic rings. The zero-order valence-electron chi connectivity index (χ0n) is 15.7. The lowest BCUT2D eigenvalue weighted by atomic mass is 9.79. The van der Waals surface area contributed by atoms with E-state index in [1.165, 1.54) is 68.9 Å². The number of carbonyl (C=O) groups is 1. The minimum absolute atomic E-state index is 0.201. The SMILES string of the molecule is O=C(Nc1ccc2nc([C@H]3C[C@H](N4CCCCC4)C3)sc2c1)c1cncnc1. The number of hydrogen-bond acceptors (Lipinski definition) is 6. The van der Waals surface area contributed by atoms with Crippen molar-refractivity contribution in [1.29, 1.82) is 0 Å². The van der Waals surface area contributed by atoms with Crippen molar-refractivity contribution >= 4 is 33.1 Å². The number of likely N-dealkylation sites (tertiary alicyclic amines) is 1. The molecule has 28 heavy (non-hydrogen) atoms. The lowest BCUT2D eigenvalue weighted by Crippen LogP contribution is -2.46. The Morgan fingerprint density at radius 3 is 2.68 bits per heavy atom. The van der Waals surface area contributed by atoms with Crippen molar-refractivity contribution in [3.63, 3.8) is 0 Å². The lowest BCUT2D eigenvalue weighted by molar-refractivity contribution is 0.0888. The van der Waals surface area contributed by atoms with Gasteiger partial charge in [0, 0.05) is 30.0 Å². The van der Waals surface area contributed by atoms with Gasteiger partial charge in [0.1, 0.15) is 6.33 Å². The summed E-state index contributed by atoms with van der Waals surface area (Å²) in [7, 11) is 0. The zero-order chi connectivity index (χ0) is 18.9. The zero-order valence-corrected chi connectivity index (χ0v) is 16.5. The van der Waals surface area contributed by atoms with Crippen LogP contribution in [0.2, 0.25) is 0 Å². The molecule has 5 rings (SSSR count). The second-order valence-electron chi connectivity index (χ2n) is 7.73. The van der Waals surface area contributed by atoms with Crippen molar-refractivity contribution in [2.75, 3.05) is 18.4 Å². The molecule has 1 aromatic carbocycles. The molecule has 1 aliphatic carbocycles. The molecule has 0 unspecified atom stereocenters. The fourth-order valence-corrected chi connectivity index (χ4v) is 5.32. The van der Waals surface area contributed by atoms with Gasteiger partial charge >= 0.3 is 0 Å². The molecule has 0 atom stereocenters. The summed E-state index contributed by atoms with van der Waals surface area (Å²) in [5.74, 6) is 0.386. The summed E-state index contributed by atoms with van der Waals surface area (Å²) < 4.78 is 1.12. The van der Waals surface area contributed by atoms with Gasteiger partial charge in [0.15, 0.2) is 0 Å². The predicted molar refractivity (Wildman–Crippen MR) is 111 cm³/mol. The molecule has 7 heteroatoms. The molecule has 1 amide bonds. The first-order valence-corrected chi connectivity index (χ1v) is 10.8. The van der Waals surface area contributed by atoms with E-state index in [4.69, 9.17) is 4.98 Å². The van der Waals surface area contributed by atoms with Crippen LogP contribution in [0.4, 0.5) is 5.69 Å². The van der Waals surface area contributed by atoms with Crippen LogP contribution < -0.4 is 5.32 Å². The van der Waals surface area contributed by atoms with Crippen LogP contribution >= 0.6 is 11.3 Å². The average molecular weight is 394 g/mol. The molecule has 0 bridgehead atoms. The maximum Gasteiger partial charge on any atom is 0.258 e. The molecule has 2 fully saturated rings. The molecule has 0 spiro atoms. The molecule has 3 heterocycles. The molecule has 1 aliphatic heterocycles. The number of nitrogens with zero attached hydrogens (tertiary/aromatic N) is 4. The molecule has 1 saturated carbocycles. The third-order valence-electron chi connectivity index (χ3n) is 5.86. The van der Waals surface area contributed by atoms with Gasteiger partial charge in [-0.2, -0.15) is 0 Å². The van der Waals surface area contributed by atoms with Crippen molar-refractivity contribution in [2.45, 2.75) is 44.1 Å². The highest BCUT2D eigenvalue weighted by Crippen LogP contribution is 2.43. The number of nitrogens with one attached hydrogen (secondary N) is 1. The molecular formula is C21H23N5OS. The van der Waals surface area contributed by atoms with Crippen LogP contribution in [0.5, 0.6) is 0 Å². The van der Waals surface area contributed by atoms with Gasteiger partial charge in [-0.15, -0.1) is 11.3 Å². The Kier molecular flexibility index (Phi) is 4.78. The van der Waals surface area contributed by atoms with E-state index in [2.05, 4.69) is 20.2 Å². The van der Waals surface area contributed by atoms with Crippen molar-refractivity contribution in [2.24, 2.45) is 0 Å². The highest BCUT2D eigenvalue weighted by atomic mass is 32.1. The number of hydrogen-bond donors (Lipinski definition) is 1. The van der Waals surface area contributed by atoms with Gasteiger partial charge in [0.2, 0.25) is 0 Å². The third-order valence-corrected chi connectivity index (χ3v) is 7.04. The number of carbonyl (C=O) groups excluding carboxylic acids is 1. The van der Waals surface area contributed by atoms with Gasteiger partial charge < -0.3 is 10.2 Å². The van der Waals surface area contributed by atoms with Gasteiger partial charge in [0.05, 0.1) is 20.8 Å². The van der Waals surface area contributed by atoms with Crippen molar-refractivity contribution in [3.05, 3.63) is 47.5 Å². The monoisotopic (exact) mass is 393 g/mol. The standard InChI is InChI=1S/C21H23N5OS/c27-20(15-11-22-13-23-12-15)24-16-4-5-18-19(10-16)28-21(25-18)14-8-17(9-14)26-6-2-1-3-7-26/h4-5,10-14,17H,1-3,6-9H2,(H,24,27)/t14-,17-. The van der Waals surface area contributed by atoms with Crippen LogP contribution in [0.25, 0.3) is 10.2 Å². The van der Waals surface area contributed by atoms with Gasteiger partial charge in [-0.3, -0.25) is 4.79 Å². The Bertz CT molecular complexity index is 977. The van der Waals surface area contributed by atoms with E-state index in [1.807, 2.05) is 18.2 Å². The molecule has 6 nitrogen and oxygen atoms in total. The second kappa shape index (κ2) is 7.56. The van der Waals surface area contributed by atoms with Crippen LogP contribution in [-0.4, -0.2) is 44.9 Å². The van der Waals surface area contributed by atoms with E-state index in [-0.39, 0.29) is 5.91 Å². The van der Waals surface area contributed by atoms with Crippen LogP contribution in [0.1, 0.15) is 53.4 Å². The van der Waals surface area contributed by atoms with Crippen LogP contribution in [0.3, 0.4) is 0 Å². The fourth-order valence-electron chi connectivity index (χ4n) is 4.19. The third kappa shape index (κ3) is 3.52. The molecule has 2 aromatic heterocycles. The van der Waals surface area contributed by atoms with Crippen LogP contribution in [-0.2, 0) is 0 Å². The van der Waals surface area contributed by atoms with Gasteiger partial charge in [-0.25, -0.2) is 15.0 Å². The number of rotatable bonds is 4. The largest absolute Gasteiger partial charge is 0.322 e.